The average Bonchev–Trinajstić information content (AvgIpc) is 3.30. The molecule has 0 radical (unpaired) electrons. The molecule has 0 spiro atoms. The minimum Gasteiger partial charge on any atom is -0.356 e. The molecular weight excluding hydrogens is 438 g/mol. The summed E-state index contributed by atoms with van der Waals surface area (Å²) in [6, 6.07) is 18.7. The fraction of sp³-hybridized carbons (Fsp3) is 0.464. The van der Waals surface area contributed by atoms with Crippen LogP contribution < -0.4 is 10.7 Å². The zero-order chi connectivity index (χ0) is 24.2. The summed E-state index contributed by atoms with van der Waals surface area (Å²) in [4.78, 5) is 30.3. The van der Waals surface area contributed by atoms with Crippen LogP contribution in [0.2, 0.25) is 0 Å². The number of nitrogens with one attached hydrogen (secondary N) is 2. The highest BCUT2D eigenvalue weighted by Gasteiger charge is 2.50. The quantitative estimate of drug-likeness (QED) is 0.615. The van der Waals surface area contributed by atoms with Crippen LogP contribution in [-0.2, 0) is 22.6 Å². The van der Waals surface area contributed by atoms with Crippen LogP contribution >= 0.6 is 0 Å². The molecule has 3 atom stereocenters. The lowest BCUT2D eigenvalue weighted by molar-refractivity contribution is -0.156. The highest BCUT2D eigenvalue weighted by molar-refractivity contribution is 5.91. The molecule has 0 aromatic heterocycles. The summed E-state index contributed by atoms with van der Waals surface area (Å²) in [6.45, 7) is 3.26. The van der Waals surface area contributed by atoms with E-state index in [4.69, 9.17) is 0 Å². The van der Waals surface area contributed by atoms with E-state index in [1.165, 1.54) is 11.1 Å². The molecule has 1 saturated carbocycles. The number of hydrogen-bond acceptors (Lipinski definition) is 5. The van der Waals surface area contributed by atoms with Crippen molar-refractivity contribution in [1.82, 2.24) is 20.5 Å². The van der Waals surface area contributed by atoms with Gasteiger partial charge in [0.15, 0.2) is 6.29 Å². The average molecular weight is 474 g/mol. The lowest BCUT2D eigenvalue weighted by atomic mass is 9.80. The molecule has 1 aliphatic carbocycles. The lowest BCUT2D eigenvalue weighted by Crippen LogP contribution is -2.67. The topological polar surface area (TPSA) is 77.0 Å². The summed E-state index contributed by atoms with van der Waals surface area (Å²) < 4.78 is 0. The first-order valence-corrected chi connectivity index (χ1v) is 12.9. The van der Waals surface area contributed by atoms with Crippen molar-refractivity contribution < 1.29 is 9.59 Å². The number of nitrogens with zero attached hydrogens (tertiary/aromatic N) is 3. The van der Waals surface area contributed by atoms with Crippen LogP contribution in [0.25, 0.3) is 0 Å². The fourth-order valence-electron chi connectivity index (χ4n) is 5.71. The second-order valence-corrected chi connectivity index (χ2v) is 9.94. The van der Waals surface area contributed by atoms with Crippen LogP contribution in [0.5, 0.6) is 0 Å². The molecule has 2 aromatic carbocycles. The van der Waals surface area contributed by atoms with Gasteiger partial charge in [-0.2, -0.15) is 5.10 Å². The Balaban J connectivity index is 1.21. The molecule has 5 rings (SSSR count). The van der Waals surface area contributed by atoms with E-state index in [0.717, 1.165) is 43.5 Å². The van der Waals surface area contributed by atoms with E-state index < -0.39 is 0 Å². The minimum atomic E-state index is -0.276. The van der Waals surface area contributed by atoms with E-state index in [1.54, 1.807) is 0 Å². The Kier molecular flexibility index (Phi) is 7.02. The maximum absolute atomic E-state index is 13.5. The van der Waals surface area contributed by atoms with Crippen molar-refractivity contribution in [1.29, 1.82) is 0 Å². The molecule has 3 aliphatic rings. The Bertz CT molecular complexity index is 1090. The summed E-state index contributed by atoms with van der Waals surface area (Å²) in [5.41, 5.74) is 6.80. The van der Waals surface area contributed by atoms with E-state index >= 15 is 0 Å². The summed E-state index contributed by atoms with van der Waals surface area (Å²) in [7, 11) is 0. The molecule has 7 heteroatoms. The summed E-state index contributed by atoms with van der Waals surface area (Å²) in [6.07, 6.45) is 5.64. The summed E-state index contributed by atoms with van der Waals surface area (Å²) >= 11 is 0. The van der Waals surface area contributed by atoms with Gasteiger partial charge < -0.3 is 10.2 Å². The van der Waals surface area contributed by atoms with Crippen LogP contribution in [0.15, 0.2) is 59.7 Å². The second kappa shape index (κ2) is 10.5. The third-order valence-corrected chi connectivity index (χ3v) is 7.44. The van der Waals surface area contributed by atoms with Gasteiger partial charge in [-0.1, -0.05) is 73.0 Å². The van der Waals surface area contributed by atoms with Crippen molar-refractivity contribution in [3.63, 3.8) is 0 Å². The molecule has 0 bridgehead atoms. The fourth-order valence-corrected chi connectivity index (χ4v) is 5.71. The van der Waals surface area contributed by atoms with Gasteiger partial charge in [0.1, 0.15) is 5.84 Å². The Morgan fingerprint density at radius 3 is 2.69 bits per heavy atom. The van der Waals surface area contributed by atoms with Gasteiger partial charge >= 0.3 is 0 Å². The Labute approximate surface area is 207 Å². The molecule has 3 unspecified atom stereocenters. The van der Waals surface area contributed by atoms with Crippen LogP contribution in [0.3, 0.4) is 0 Å². The van der Waals surface area contributed by atoms with Crippen LogP contribution in [-0.4, -0.2) is 46.3 Å². The Morgan fingerprint density at radius 2 is 1.86 bits per heavy atom. The van der Waals surface area contributed by atoms with E-state index in [9.17, 15) is 9.59 Å². The number of hydrogen-bond donors (Lipinski definition) is 2. The number of hydrazone groups is 1. The number of benzene rings is 2. The van der Waals surface area contributed by atoms with Crippen molar-refractivity contribution in [3.8, 4) is 0 Å². The third-order valence-electron chi connectivity index (χ3n) is 7.44. The molecule has 2 N–H and O–H groups in total. The lowest BCUT2D eigenvalue weighted by Gasteiger charge is -2.50. The number of rotatable bonds is 8. The van der Waals surface area contributed by atoms with Crippen molar-refractivity contribution in [2.45, 2.75) is 70.7 Å². The molecule has 1 saturated heterocycles. The number of aryl methyl sites for hydroxylation is 1. The number of fused-ring (bicyclic) bond motifs is 3. The van der Waals surface area contributed by atoms with Gasteiger partial charge in [0.25, 0.3) is 0 Å². The molecular formula is C28H35N5O2. The van der Waals surface area contributed by atoms with Gasteiger partial charge in [-0.05, 0) is 37.3 Å². The van der Waals surface area contributed by atoms with Crippen molar-refractivity contribution >= 4 is 17.6 Å². The molecule has 2 fully saturated rings. The van der Waals surface area contributed by atoms with Crippen LogP contribution in [0.4, 0.5) is 0 Å². The normalized spacial score (nSPS) is 23.3. The van der Waals surface area contributed by atoms with Crippen LogP contribution in [0.1, 0.15) is 55.2 Å². The maximum Gasteiger partial charge on any atom is 0.231 e. The predicted molar refractivity (Wildman–Crippen MR) is 136 cm³/mol. The maximum atomic E-state index is 13.5. The summed E-state index contributed by atoms with van der Waals surface area (Å²) in [5.74, 6) is 1.15. The zero-order valence-corrected chi connectivity index (χ0v) is 20.5. The first kappa shape index (κ1) is 23.4. The molecule has 2 heterocycles. The molecule has 184 valence electrons. The number of amides is 2. The predicted octanol–water partition coefficient (Wildman–Crippen LogP) is 3.54. The van der Waals surface area contributed by atoms with Gasteiger partial charge in [-0.25, -0.2) is 0 Å². The first-order chi connectivity index (χ1) is 17.1. The van der Waals surface area contributed by atoms with Crippen molar-refractivity contribution in [2.24, 2.45) is 11.0 Å². The Hall–Kier alpha value is -3.35. The van der Waals surface area contributed by atoms with Crippen molar-refractivity contribution in [3.05, 3.63) is 71.3 Å². The third kappa shape index (κ3) is 5.19. The minimum absolute atomic E-state index is 0.00281. The molecule has 2 aliphatic heterocycles. The van der Waals surface area contributed by atoms with E-state index in [2.05, 4.69) is 64.1 Å². The molecule has 7 nitrogen and oxygen atoms in total. The molecule has 35 heavy (non-hydrogen) atoms. The Morgan fingerprint density at radius 1 is 1.06 bits per heavy atom. The largest absolute Gasteiger partial charge is 0.356 e. The van der Waals surface area contributed by atoms with E-state index in [-0.39, 0.29) is 30.1 Å². The monoisotopic (exact) mass is 473 g/mol. The van der Waals surface area contributed by atoms with Gasteiger partial charge in [-0.3, -0.25) is 19.9 Å². The number of amidine groups is 1. The molecule has 2 amide bonds. The van der Waals surface area contributed by atoms with E-state index in [0.29, 0.717) is 25.9 Å². The highest BCUT2D eigenvalue weighted by Crippen LogP contribution is 2.38. The SMILES string of the molecule is Cc1cccc(CCNC(=O)CCC2=NNC3N(Cc4ccccc4)C(=O)C4CCCCC4N23)c1. The zero-order valence-electron chi connectivity index (χ0n) is 20.5. The van der Waals surface area contributed by atoms with Gasteiger partial charge in [0.05, 0.1) is 5.92 Å². The smallest absolute Gasteiger partial charge is 0.231 e. The highest BCUT2D eigenvalue weighted by atomic mass is 16.2. The number of carbonyl (C=O) groups excluding carboxylic acids is 2. The van der Waals surface area contributed by atoms with Gasteiger partial charge in [0.2, 0.25) is 11.8 Å². The second-order valence-electron chi connectivity index (χ2n) is 9.94. The standard InChI is InChI=1S/C28H35N5O2/c1-20-8-7-11-21(18-20)16-17-29-26(34)15-14-25-30-31-28-32(19-22-9-3-2-4-10-22)27(35)23-12-5-6-13-24(23)33(25)28/h2-4,7-11,18,23-24,28,31H,5-6,12-17,19H2,1H3,(H,29,34). The first-order valence-electron chi connectivity index (χ1n) is 12.9. The van der Waals surface area contributed by atoms with Gasteiger partial charge in [0, 0.05) is 32.0 Å². The van der Waals surface area contributed by atoms with Gasteiger partial charge in [-0.15, -0.1) is 0 Å². The summed E-state index contributed by atoms with van der Waals surface area (Å²) in [5, 5.41) is 7.68. The molecule has 2 aromatic rings. The van der Waals surface area contributed by atoms with E-state index in [1.807, 2.05) is 23.1 Å². The van der Waals surface area contributed by atoms with Crippen molar-refractivity contribution in [2.75, 3.05) is 6.54 Å². The number of carbonyl (C=O) groups is 2. The van der Waals surface area contributed by atoms with Crippen LogP contribution in [0, 0.1) is 12.8 Å².